The molecule has 2 aromatic heterocycles. The number of para-hydroxylation sites is 2. The van der Waals surface area contributed by atoms with Crippen molar-refractivity contribution in [2.75, 3.05) is 4.90 Å². The Kier molecular flexibility index (Phi) is 6.55. The fourth-order valence-electron chi connectivity index (χ4n) is 8.07. The Labute approximate surface area is 305 Å². The van der Waals surface area contributed by atoms with E-state index in [2.05, 4.69) is 175 Å². The van der Waals surface area contributed by atoms with E-state index in [9.17, 15) is 0 Å². The molecule has 0 aliphatic rings. The van der Waals surface area contributed by atoms with Crippen LogP contribution in [0.15, 0.2) is 197 Å². The smallest absolute Gasteiger partial charge is 0.143 e. The number of hydrogen-bond acceptors (Lipinski definition) is 3. The Morgan fingerprint density at radius 2 is 0.925 bits per heavy atom. The number of rotatable bonds is 5. The van der Waals surface area contributed by atoms with Gasteiger partial charge in [0.25, 0.3) is 0 Å². The molecule has 0 atom stereocenters. The van der Waals surface area contributed by atoms with Crippen LogP contribution >= 0.6 is 0 Å². The minimum Gasteiger partial charge on any atom is -0.456 e. The molecule has 0 unspecified atom stereocenters. The molecule has 0 N–H and O–H groups in total. The molecule has 2 heterocycles. The highest BCUT2D eigenvalue weighted by atomic mass is 16.3. The summed E-state index contributed by atoms with van der Waals surface area (Å²) in [6.45, 7) is 0. The minimum absolute atomic E-state index is 0.883. The van der Waals surface area contributed by atoms with Gasteiger partial charge in [-0.1, -0.05) is 127 Å². The topological polar surface area (TPSA) is 29.5 Å². The Morgan fingerprint density at radius 1 is 0.302 bits per heavy atom. The molecule has 11 aromatic rings. The predicted octanol–water partition coefficient (Wildman–Crippen LogP) is 14.6. The molecule has 0 radical (unpaired) electrons. The second-order valence-electron chi connectivity index (χ2n) is 13.7. The third-order valence-electron chi connectivity index (χ3n) is 10.6. The van der Waals surface area contributed by atoms with Crippen molar-refractivity contribution in [3.8, 4) is 22.3 Å². The number of benzene rings is 9. The number of fused-ring (bicyclic) bond motifs is 9. The molecule has 248 valence electrons. The number of furan rings is 2. The van der Waals surface area contributed by atoms with Gasteiger partial charge in [-0.15, -0.1) is 0 Å². The van der Waals surface area contributed by atoms with Gasteiger partial charge in [0.15, 0.2) is 0 Å². The Bertz CT molecular complexity index is 3170. The van der Waals surface area contributed by atoms with E-state index in [1.165, 1.54) is 21.5 Å². The molecule has 0 amide bonds. The fourth-order valence-corrected chi connectivity index (χ4v) is 8.07. The zero-order chi connectivity index (χ0) is 34.9. The van der Waals surface area contributed by atoms with Crippen molar-refractivity contribution < 1.29 is 8.83 Å². The molecule has 3 heteroatoms. The van der Waals surface area contributed by atoms with Crippen LogP contribution < -0.4 is 4.90 Å². The highest BCUT2D eigenvalue weighted by Gasteiger charge is 2.18. The number of nitrogens with zero attached hydrogens (tertiary/aromatic N) is 1. The lowest BCUT2D eigenvalue weighted by Gasteiger charge is -2.26. The first-order valence-electron chi connectivity index (χ1n) is 18.0. The van der Waals surface area contributed by atoms with Gasteiger partial charge < -0.3 is 13.7 Å². The lowest BCUT2D eigenvalue weighted by Crippen LogP contribution is -2.09. The maximum absolute atomic E-state index is 6.47. The summed E-state index contributed by atoms with van der Waals surface area (Å²) in [6, 6.07) is 66.9. The molecule has 0 aliphatic carbocycles. The second kappa shape index (κ2) is 11.7. The van der Waals surface area contributed by atoms with E-state index >= 15 is 0 Å². The number of anilines is 3. The average molecular weight is 678 g/mol. The molecular formula is C50H31NO2. The van der Waals surface area contributed by atoms with Crippen LogP contribution in [-0.2, 0) is 0 Å². The summed E-state index contributed by atoms with van der Waals surface area (Å²) < 4.78 is 12.7. The van der Waals surface area contributed by atoms with Gasteiger partial charge in [-0.05, 0) is 98.9 Å². The van der Waals surface area contributed by atoms with E-state index < -0.39 is 0 Å². The van der Waals surface area contributed by atoms with E-state index in [1.54, 1.807) is 0 Å². The molecule has 0 spiro atoms. The summed E-state index contributed by atoms with van der Waals surface area (Å²) in [6.07, 6.45) is 0. The largest absolute Gasteiger partial charge is 0.456 e. The summed E-state index contributed by atoms with van der Waals surface area (Å²) in [7, 11) is 0. The first kappa shape index (κ1) is 29.6. The summed E-state index contributed by atoms with van der Waals surface area (Å²) in [5.74, 6) is 0. The lowest BCUT2D eigenvalue weighted by molar-refractivity contribution is 0.669. The quantitative estimate of drug-likeness (QED) is 0.170. The van der Waals surface area contributed by atoms with Crippen LogP contribution in [0.25, 0.3) is 87.7 Å². The van der Waals surface area contributed by atoms with Gasteiger partial charge in [-0.25, -0.2) is 0 Å². The standard InChI is InChI=1S/C50H31NO2/c1-2-9-33(10-3-1)42-14-8-15-44-45-30-35(21-27-49(45)53-50(42)44)32-19-22-37(23-20-32)51(39-25-28-48-46(31-39)43-13-6-7-16-47(43)52-48)38-24-26-41-36(29-38)18-17-34-11-4-5-12-40(34)41/h1-31H. The van der Waals surface area contributed by atoms with Gasteiger partial charge in [0.1, 0.15) is 22.3 Å². The molecule has 0 fully saturated rings. The van der Waals surface area contributed by atoms with Crippen molar-refractivity contribution in [1.29, 1.82) is 0 Å². The van der Waals surface area contributed by atoms with Crippen molar-refractivity contribution in [2.45, 2.75) is 0 Å². The van der Waals surface area contributed by atoms with Crippen molar-refractivity contribution in [2.24, 2.45) is 0 Å². The zero-order valence-corrected chi connectivity index (χ0v) is 28.7. The molecule has 0 bridgehead atoms. The van der Waals surface area contributed by atoms with Crippen LogP contribution in [0.5, 0.6) is 0 Å². The first-order chi connectivity index (χ1) is 26.2. The molecule has 11 rings (SSSR count). The van der Waals surface area contributed by atoms with Gasteiger partial charge in [0, 0.05) is 44.2 Å². The van der Waals surface area contributed by atoms with Crippen LogP contribution in [-0.4, -0.2) is 0 Å². The maximum Gasteiger partial charge on any atom is 0.143 e. The highest BCUT2D eigenvalue weighted by molar-refractivity contribution is 6.11. The maximum atomic E-state index is 6.47. The molecule has 0 saturated carbocycles. The van der Waals surface area contributed by atoms with Crippen molar-refractivity contribution in [1.82, 2.24) is 0 Å². The van der Waals surface area contributed by atoms with Gasteiger partial charge in [-0.3, -0.25) is 0 Å². The van der Waals surface area contributed by atoms with Crippen molar-refractivity contribution >= 4 is 82.5 Å². The SMILES string of the molecule is c1ccc(-c2cccc3c2oc2ccc(-c4ccc(N(c5ccc6c(ccc7ccccc76)c5)c5ccc6oc7ccccc7c6c5)cc4)cc23)cc1. The Hall–Kier alpha value is -7.10. The van der Waals surface area contributed by atoms with E-state index in [0.717, 1.165) is 83.2 Å². The zero-order valence-electron chi connectivity index (χ0n) is 28.7. The van der Waals surface area contributed by atoms with Crippen LogP contribution in [0.4, 0.5) is 17.1 Å². The number of hydrogen-bond donors (Lipinski definition) is 0. The Morgan fingerprint density at radius 3 is 1.83 bits per heavy atom. The first-order valence-corrected chi connectivity index (χ1v) is 18.0. The van der Waals surface area contributed by atoms with Crippen molar-refractivity contribution in [3.05, 3.63) is 188 Å². The predicted molar refractivity (Wildman–Crippen MR) is 222 cm³/mol. The fraction of sp³-hybridized carbons (Fsp3) is 0. The van der Waals surface area contributed by atoms with Gasteiger partial charge in [-0.2, -0.15) is 0 Å². The molecule has 3 nitrogen and oxygen atoms in total. The van der Waals surface area contributed by atoms with Gasteiger partial charge in [0.05, 0.1) is 0 Å². The van der Waals surface area contributed by atoms with Crippen LogP contribution in [0.1, 0.15) is 0 Å². The molecular weight excluding hydrogens is 647 g/mol. The third kappa shape index (κ3) is 4.82. The normalized spacial score (nSPS) is 11.8. The van der Waals surface area contributed by atoms with E-state index in [4.69, 9.17) is 8.83 Å². The van der Waals surface area contributed by atoms with Gasteiger partial charge in [0.2, 0.25) is 0 Å². The van der Waals surface area contributed by atoms with Crippen LogP contribution in [0, 0.1) is 0 Å². The van der Waals surface area contributed by atoms with Crippen LogP contribution in [0.2, 0.25) is 0 Å². The summed E-state index contributed by atoms with van der Waals surface area (Å²) in [5.41, 5.74) is 11.4. The molecule has 9 aromatic carbocycles. The van der Waals surface area contributed by atoms with E-state index in [-0.39, 0.29) is 0 Å². The molecule has 0 saturated heterocycles. The van der Waals surface area contributed by atoms with Gasteiger partial charge >= 0.3 is 0 Å². The lowest BCUT2D eigenvalue weighted by atomic mass is 9.99. The van der Waals surface area contributed by atoms with Crippen LogP contribution in [0.3, 0.4) is 0 Å². The summed E-state index contributed by atoms with van der Waals surface area (Å²) >= 11 is 0. The average Bonchev–Trinajstić information content (AvgIpc) is 3.79. The third-order valence-corrected chi connectivity index (χ3v) is 10.6. The van der Waals surface area contributed by atoms with E-state index in [1.807, 2.05) is 18.2 Å². The second-order valence-corrected chi connectivity index (χ2v) is 13.7. The van der Waals surface area contributed by atoms with Crippen molar-refractivity contribution in [3.63, 3.8) is 0 Å². The summed E-state index contributed by atoms with van der Waals surface area (Å²) in [5, 5.41) is 9.41. The van der Waals surface area contributed by atoms with E-state index in [0.29, 0.717) is 0 Å². The Balaban J connectivity index is 1.03. The molecule has 53 heavy (non-hydrogen) atoms. The molecule has 0 aliphatic heterocycles. The highest BCUT2D eigenvalue weighted by Crippen LogP contribution is 2.42. The minimum atomic E-state index is 0.883. The monoisotopic (exact) mass is 677 g/mol. The summed E-state index contributed by atoms with van der Waals surface area (Å²) in [4.78, 5) is 2.34.